The molecule has 2 aliphatic heterocycles. The van der Waals surface area contributed by atoms with Gasteiger partial charge in [0, 0.05) is 38.3 Å². The fourth-order valence-electron chi connectivity index (χ4n) is 3.46. The highest BCUT2D eigenvalue weighted by Gasteiger charge is 2.33. The minimum absolute atomic E-state index is 0.245. The highest BCUT2D eigenvalue weighted by atomic mass is 16.5. The van der Waals surface area contributed by atoms with E-state index in [9.17, 15) is 0 Å². The molecule has 3 heterocycles. The first kappa shape index (κ1) is 17.4. The number of hydrogen-bond donors (Lipinski definition) is 1. The van der Waals surface area contributed by atoms with Gasteiger partial charge in [-0.3, -0.25) is 4.90 Å². The Morgan fingerprint density at radius 3 is 2.62 bits per heavy atom. The molecule has 0 spiro atoms. The molecule has 1 fully saturated rings. The first-order valence-corrected chi connectivity index (χ1v) is 9.27. The number of morpholine rings is 1. The molecular weight excluding hydrogens is 328 g/mol. The maximum absolute atomic E-state index is 5.60. The summed E-state index contributed by atoms with van der Waals surface area (Å²) < 4.78 is 11.0. The Bertz CT molecular complexity index is 773. The third-order valence-electron chi connectivity index (χ3n) is 5.29. The Hall–Kier alpha value is -2.02. The fraction of sp³-hybridized carbons (Fsp3) is 0.500. The third-order valence-corrected chi connectivity index (χ3v) is 5.29. The molecule has 2 aliphatic rings. The predicted octanol–water partition coefficient (Wildman–Crippen LogP) is 2.38. The minimum atomic E-state index is -0.245. The zero-order valence-electron chi connectivity index (χ0n) is 15.5. The fourth-order valence-corrected chi connectivity index (χ4v) is 3.46. The summed E-state index contributed by atoms with van der Waals surface area (Å²) >= 11 is 0. The monoisotopic (exact) mass is 354 g/mol. The van der Waals surface area contributed by atoms with Gasteiger partial charge < -0.3 is 14.6 Å². The van der Waals surface area contributed by atoms with E-state index < -0.39 is 0 Å². The van der Waals surface area contributed by atoms with Crippen LogP contribution in [0.1, 0.15) is 25.3 Å². The van der Waals surface area contributed by atoms with Gasteiger partial charge >= 0.3 is 0 Å². The Labute approximate surface area is 154 Å². The third kappa shape index (κ3) is 3.58. The first-order valence-electron chi connectivity index (χ1n) is 9.27. The number of nitrogens with zero attached hydrogens (tertiary/aromatic N) is 3. The molecule has 1 saturated heterocycles. The van der Waals surface area contributed by atoms with Gasteiger partial charge in [-0.15, -0.1) is 0 Å². The topological polar surface area (TPSA) is 63.4 Å². The molecule has 1 aromatic heterocycles. The Morgan fingerprint density at radius 2 is 1.92 bits per heavy atom. The zero-order valence-corrected chi connectivity index (χ0v) is 15.5. The van der Waals surface area contributed by atoms with E-state index in [0.29, 0.717) is 11.7 Å². The summed E-state index contributed by atoms with van der Waals surface area (Å²) in [5.41, 5.74) is 3.33. The van der Waals surface area contributed by atoms with Crippen LogP contribution in [-0.4, -0.2) is 54.4 Å². The van der Waals surface area contributed by atoms with Crippen molar-refractivity contribution in [2.45, 2.75) is 25.8 Å². The molecule has 0 aliphatic carbocycles. The van der Waals surface area contributed by atoms with Crippen molar-refractivity contribution in [3.05, 3.63) is 47.4 Å². The molecular formula is C20H26N4O2. The molecule has 26 heavy (non-hydrogen) atoms. The second kappa shape index (κ2) is 7.31. The molecule has 2 aromatic rings. The lowest BCUT2D eigenvalue weighted by atomic mass is 9.84. The van der Waals surface area contributed by atoms with Crippen molar-refractivity contribution in [3.63, 3.8) is 0 Å². The van der Waals surface area contributed by atoms with Crippen molar-refractivity contribution < 1.29 is 9.26 Å². The average Bonchev–Trinajstić information content (AvgIpc) is 3.36. The molecule has 0 radical (unpaired) electrons. The molecule has 0 saturated carbocycles. The molecule has 4 rings (SSSR count). The van der Waals surface area contributed by atoms with E-state index in [2.05, 4.69) is 64.5 Å². The molecule has 6 heteroatoms. The maximum Gasteiger partial charge on any atom is 0.236 e. The maximum atomic E-state index is 5.60. The van der Waals surface area contributed by atoms with Crippen LogP contribution in [0.3, 0.4) is 0 Å². The van der Waals surface area contributed by atoms with Crippen LogP contribution in [0, 0.1) is 0 Å². The lowest BCUT2D eigenvalue weighted by Gasteiger charge is -2.26. The standard InChI is InChI=1S/C20H26N4O2/c1-20(2,17-7-8-21-13-17)19-22-18(23-26-19)16-5-3-15(4-6-16)14-24-9-11-25-12-10-24/h3-7,21H,8-14H2,1-2H3. The minimum Gasteiger partial charge on any atom is -0.379 e. The predicted molar refractivity (Wildman–Crippen MR) is 99.8 cm³/mol. The van der Waals surface area contributed by atoms with E-state index in [4.69, 9.17) is 9.26 Å². The number of hydrogen-bond acceptors (Lipinski definition) is 6. The van der Waals surface area contributed by atoms with Gasteiger partial charge in [0.1, 0.15) is 0 Å². The van der Waals surface area contributed by atoms with Crippen LogP contribution in [0.5, 0.6) is 0 Å². The number of nitrogens with one attached hydrogen (secondary N) is 1. The van der Waals surface area contributed by atoms with Gasteiger partial charge in [-0.2, -0.15) is 4.98 Å². The van der Waals surface area contributed by atoms with E-state index in [0.717, 1.165) is 51.5 Å². The second-order valence-corrected chi connectivity index (χ2v) is 7.49. The van der Waals surface area contributed by atoms with Gasteiger partial charge in [0.25, 0.3) is 0 Å². The molecule has 0 bridgehead atoms. The summed E-state index contributed by atoms with van der Waals surface area (Å²) in [4.78, 5) is 7.08. The number of ether oxygens (including phenoxy) is 1. The van der Waals surface area contributed by atoms with Gasteiger partial charge in [0.05, 0.1) is 18.6 Å². The van der Waals surface area contributed by atoms with E-state index >= 15 is 0 Å². The van der Waals surface area contributed by atoms with E-state index in [1.165, 1.54) is 11.1 Å². The zero-order chi connectivity index (χ0) is 18.0. The molecule has 6 nitrogen and oxygen atoms in total. The van der Waals surface area contributed by atoms with Gasteiger partial charge in [0.15, 0.2) is 0 Å². The summed E-state index contributed by atoms with van der Waals surface area (Å²) in [6.45, 7) is 10.6. The van der Waals surface area contributed by atoms with Crippen LogP contribution in [0.15, 0.2) is 40.4 Å². The molecule has 138 valence electrons. The van der Waals surface area contributed by atoms with Gasteiger partial charge in [0.2, 0.25) is 11.7 Å². The molecule has 0 atom stereocenters. The van der Waals surface area contributed by atoms with Crippen molar-refractivity contribution in [2.75, 3.05) is 39.4 Å². The van der Waals surface area contributed by atoms with Gasteiger partial charge in [-0.25, -0.2) is 0 Å². The summed E-state index contributed by atoms with van der Waals surface area (Å²) in [5, 5.41) is 7.54. The summed E-state index contributed by atoms with van der Waals surface area (Å²) in [6.07, 6.45) is 2.21. The van der Waals surface area contributed by atoms with Crippen molar-refractivity contribution in [1.82, 2.24) is 20.4 Å². The highest BCUT2D eigenvalue weighted by Crippen LogP contribution is 2.32. The van der Waals surface area contributed by atoms with Gasteiger partial charge in [-0.05, 0) is 25.0 Å². The van der Waals surface area contributed by atoms with Crippen LogP contribution in [0.2, 0.25) is 0 Å². The SMILES string of the molecule is CC(C)(C1=CCNC1)c1nc(-c2ccc(CN3CCOCC3)cc2)no1. The first-order chi connectivity index (χ1) is 12.6. The van der Waals surface area contributed by atoms with Crippen LogP contribution in [-0.2, 0) is 16.7 Å². The molecule has 1 aromatic carbocycles. The van der Waals surface area contributed by atoms with Gasteiger partial charge in [-0.1, -0.05) is 35.5 Å². The summed E-state index contributed by atoms with van der Waals surface area (Å²) in [7, 11) is 0. The van der Waals surface area contributed by atoms with E-state index in [1.807, 2.05) is 0 Å². The number of aromatic nitrogens is 2. The van der Waals surface area contributed by atoms with Crippen molar-refractivity contribution in [3.8, 4) is 11.4 Å². The normalized spacial score (nSPS) is 18.9. The average molecular weight is 354 g/mol. The number of rotatable bonds is 5. The van der Waals surface area contributed by atoms with Crippen LogP contribution >= 0.6 is 0 Å². The molecule has 0 unspecified atom stereocenters. The smallest absolute Gasteiger partial charge is 0.236 e. The van der Waals surface area contributed by atoms with E-state index in [1.54, 1.807) is 0 Å². The van der Waals surface area contributed by atoms with Crippen LogP contribution < -0.4 is 5.32 Å². The van der Waals surface area contributed by atoms with Crippen molar-refractivity contribution in [2.24, 2.45) is 0 Å². The summed E-state index contributed by atoms with van der Waals surface area (Å²) in [6, 6.07) is 8.45. The quantitative estimate of drug-likeness (QED) is 0.832. The largest absolute Gasteiger partial charge is 0.379 e. The Morgan fingerprint density at radius 1 is 1.15 bits per heavy atom. The second-order valence-electron chi connectivity index (χ2n) is 7.49. The lowest BCUT2D eigenvalue weighted by molar-refractivity contribution is 0.0342. The Balaban J connectivity index is 1.47. The highest BCUT2D eigenvalue weighted by molar-refractivity contribution is 5.55. The van der Waals surface area contributed by atoms with Crippen LogP contribution in [0.25, 0.3) is 11.4 Å². The number of benzene rings is 1. The molecule has 0 amide bonds. The molecule has 1 N–H and O–H groups in total. The van der Waals surface area contributed by atoms with Crippen LogP contribution in [0.4, 0.5) is 0 Å². The van der Waals surface area contributed by atoms with E-state index in [-0.39, 0.29) is 5.41 Å². The van der Waals surface area contributed by atoms with Crippen molar-refractivity contribution >= 4 is 0 Å². The van der Waals surface area contributed by atoms with Crippen molar-refractivity contribution in [1.29, 1.82) is 0 Å². The Kier molecular flexibility index (Phi) is 4.89. The summed E-state index contributed by atoms with van der Waals surface area (Å²) in [5.74, 6) is 1.32. The lowest BCUT2D eigenvalue weighted by Crippen LogP contribution is -2.35.